The van der Waals surface area contributed by atoms with Crippen molar-refractivity contribution in [2.24, 2.45) is 0 Å². The standard InChI is InChI=1S/C35H35Cl2FN4O5/c1-45-35(44)27-11-30(38)26(12-31(27)42-22-7-8-23(42)17-46-16-22)25-4-2-3-19-14-40(18-47-33(19)25)34(43)32-28(36)9-24(10-29(32)37)41-15-20-5-6-21(41)13-39-20/h2-4,9-12,20-23,39H,5-8,13-18H2,1H3/t20-,21-,22?,23?/m0/s1. The first-order chi connectivity index (χ1) is 22.8. The number of fused-ring (bicyclic) bond motifs is 6. The van der Waals surface area contributed by atoms with E-state index in [0.29, 0.717) is 63.5 Å². The number of hydrogen-bond acceptors (Lipinski definition) is 8. The quantitative estimate of drug-likeness (QED) is 0.335. The number of rotatable bonds is 5. The van der Waals surface area contributed by atoms with E-state index in [4.69, 9.17) is 37.4 Å². The predicted octanol–water partition coefficient (Wildman–Crippen LogP) is 5.89. The van der Waals surface area contributed by atoms with E-state index in [0.717, 1.165) is 44.5 Å². The number of para-hydroxylation sites is 1. The van der Waals surface area contributed by atoms with Gasteiger partial charge in [-0.05, 0) is 49.9 Å². The summed E-state index contributed by atoms with van der Waals surface area (Å²) in [5.41, 5.74) is 3.51. The number of piperidine rings is 2. The second kappa shape index (κ2) is 12.1. The normalized spacial score (nSPS) is 24.6. The van der Waals surface area contributed by atoms with Crippen molar-refractivity contribution in [3.8, 4) is 16.9 Å². The molecule has 0 saturated carbocycles. The summed E-state index contributed by atoms with van der Waals surface area (Å²) in [5.74, 6) is -1.02. The van der Waals surface area contributed by atoms with Gasteiger partial charge in [0.15, 0.2) is 6.73 Å². The Hall–Kier alpha value is -3.57. The molecule has 0 aromatic heterocycles. The molecule has 3 aromatic rings. The summed E-state index contributed by atoms with van der Waals surface area (Å²) in [6.45, 7) is 3.05. The molecule has 5 fully saturated rings. The first kappa shape index (κ1) is 30.7. The Morgan fingerprint density at radius 3 is 2.38 bits per heavy atom. The van der Waals surface area contributed by atoms with E-state index in [1.165, 1.54) is 13.2 Å². The van der Waals surface area contributed by atoms with Gasteiger partial charge < -0.3 is 34.2 Å². The number of methoxy groups -OCH3 is 1. The van der Waals surface area contributed by atoms with Crippen LogP contribution in [0.5, 0.6) is 5.75 Å². The summed E-state index contributed by atoms with van der Waals surface area (Å²) in [5, 5.41) is 4.14. The lowest BCUT2D eigenvalue weighted by Crippen LogP contribution is -2.61. The first-order valence-electron chi connectivity index (χ1n) is 16.1. The number of amides is 1. The minimum atomic E-state index is -0.595. The highest BCUT2D eigenvalue weighted by Gasteiger charge is 2.40. The number of anilines is 2. The van der Waals surface area contributed by atoms with Gasteiger partial charge in [0.2, 0.25) is 0 Å². The number of benzene rings is 3. The number of morpholine rings is 1. The van der Waals surface area contributed by atoms with Gasteiger partial charge in [-0.15, -0.1) is 0 Å². The summed E-state index contributed by atoms with van der Waals surface area (Å²) < 4.78 is 32.9. The first-order valence-corrected chi connectivity index (χ1v) is 16.9. The smallest absolute Gasteiger partial charge is 0.340 e. The molecule has 4 bridgehead atoms. The minimum absolute atomic E-state index is 0.0683. The van der Waals surface area contributed by atoms with Crippen molar-refractivity contribution in [1.82, 2.24) is 10.2 Å². The molecule has 4 atom stereocenters. The summed E-state index contributed by atoms with van der Waals surface area (Å²) in [4.78, 5) is 32.7. The van der Waals surface area contributed by atoms with Gasteiger partial charge in [-0.2, -0.15) is 0 Å². The van der Waals surface area contributed by atoms with E-state index in [2.05, 4.69) is 15.1 Å². The van der Waals surface area contributed by atoms with Gasteiger partial charge in [0.25, 0.3) is 5.91 Å². The summed E-state index contributed by atoms with van der Waals surface area (Å²) in [7, 11) is 1.30. The number of halogens is 3. The summed E-state index contributed by atoms with van der Waals surface area (Å²) in [6.07, 6.45) is 4.12. The lowest BCUT2D eigenvalue weighted by Gasteiger charge is -2.47. The Morgan fingerprint density at radius 1 is 0.979 bits per heavy atom. The third-order valence-corrected chi connectivity index (χ3v) is 10.9. The maximum Gasteiger partial charge on any atom is 0.340 e. The number of carbonyl (C=O) groups is 2. The molecule has 2 unspecified atom stereocenters. The van der Waals surface area contributed by atoms with E-state index in [1.807, 2.05) is 24.3 Å². The van der Waals surface area contributed by atoms with Gasteiger partial charge in [0.1, 0.15) is 11.6 Å². The third kappa shape index (κ3) is 5.30. The number of piperazine rings is 1. The van der Waals surface area contributed by atoms with Gasteiger partial charge in [0, 0.05) is 47.6 Å². The number of carbonyl (C=O) groups excluding carboxylic acids is 2. The lowest BCUT2D eigenvalue weighted by molar-refractivity contribution is 0.0515. The molecule has 1 amide bonds. The molecule has 6 aliphatic heterocycles. The van der Waals surface area contributed by atoms with Gasteiger partial charge in [0.05, 0.1) is 65.8 Å². The summed E-state index contributed by atoms with van der Waals surface area (Å²) in [6, 6.07) is 13.1. The van der Waals surface area contributed by atoms with Crippen LogP contribution in [-0.4, -0.2) is 81.1 Å². The zero-order valence-corrected chi connectivity index (χ0v) is 27.5. The van der Waals surface area contributed by atoms with Crippen LogP contribution in [0.2, 0.25) is 10.0 Å². The van der Waals surface area contributed by atoms with E-state index in [1.54, 1.807) is 17.0 Å². The van der Waals surface area contributed by atoms with Crippen LogP contribution in [0.4, 0.5) is 15.8 Å². The fourth-order valence-electron chi connectivity index (χ4n) is 8.01. The van der Waals surface area contributed by atoms with Crippen molar-refractivity contribution in [3.63, 3.8) is 0 Å². The van der Waals surface area contributed by atoms with E-state index in [-0.39, 0.29) is 42.4 Å². The van der Waals surface area contributed by atoms with E-state index in [9.17, 15) is 9.59 Å². The molecule has 12 heteroatoms. The Labute approximate surface area is 282 Å². The van der Waals surface area contributed by atoms with Crippen LogP contribution in [0.15, 0.2) is 42.5 Å². The van der Waals surface area contributed by atoms with Crippen LogP contribution < -0.4 is 19.9 Å². The molecule has 0 radical (unpaired) electrons. The predicted molar refractivity (Wildman–Crippen MR) is 177 cm³/mol. The molecule has 47 heavy (non-hydrogen) atoms. The SMILES string of the molecule is COC(=O)c1cc(F)c(-c2cccc3c2OCN(C(=O)c2c(Cl)cc(N4C[C@@H]5CC[C@H]4CN5)cc2Cl)C3)cc1N1C2CCC1COC2. The van der Waals surface area contributed by atoms with Crippen LogP contribution in [0.3, 0.4) is 0 Å². The monoisotopic (exact) mass is 680 g/mol. The zero-order chi connectivity index (χ0) is 32.4. The lowest BCUT2D eigenvalue weighted by atomic mass is 9.92. The number of nitrogens with zero attached hydrogens (tertiary/aromatic N) is 3. The van der Waals surface area contributed by atoms with Crippen molar-refractivity contribution < 1.29 is 28.2 Å². The molecule has 3 aromatic carbocycles. The van der Waals surface area contributed by atoms with Crippen LogP contribution in [0, 0.1) is 5.82 Å². The molecular formula is C35H35Cl2FN4O5. The second-order valence-corrected chi connectivity index (χ2v) is 13.8. The summed E-state index contributed by atoms with van der Waals surface area (Å²) >= 11 is 13.5. The van der Waals surface area contributed by atoms with Crippen molar-refractivity contribution in [3.05, 3.63) is 75.0 Å². The molecule has 1 N–H and O–H groups in total. The van der Waals surface area contributed by atoms with Crippen molar-refractivity contribution >= 4 is 46.5 Å². The molecule has 9 nitrogen and oxygen atoms in total. The number of hydrogen-bond donors (Lipinski definition) is 1. The van der Waals surface area contributed by atoms with Crippen molar-refractivity contribution in [2.45, 2.75) is 56.4 Å². The highest BCUT2D eigenvalue weighted by Crippen LogP contribution is 2.44. The van der Waals surface area contributed by atoms with Gasteiger partial charge in [-0.3, -0.25) is 4.79 Å². The molecule has 6 aliphatic rings. The van der Waals surface area contributed by atoms with Gasteiger partial charge >= 0.3 is 5.97 Å². The highest BCUT2D eigenvalue weighted by molar-refractivity contribution is 6.40. The molecule has 0 aliphatic carbocycles. The fraction of sp³-hybridized carbons (Fsp3) is 0.429. The molecule has 5 saturated heterocycles. The van der Waals surface area contributed by atoms with Crippen LogP contribution in [-0.2, 0) is 16.0 Å². The van der Waals surface area contributed by atoms with Crippen molar-refractivity contribution in [1.29, 1.82) is 0 Å². The Bertz CT molecular complexity index is 1730. The molecule has 9 rings (SSSR count). The fourth-order valence-corrected chi connectivity index (χ4v) is 8.64. The average Bonchev–Trinajstić information content (AvgIpc) is 3.34. The number of esters is 1. The van der Waals surface area contributed by atoms with E-state index < -0.39 is 11.8 Å². The van der Waals surface area contributed by atoms with Crippen molar-refractivity contribution in [2.75, 3.05) is 49.9 Å². The van der Waals surface area contributed by atoms with E-state index >= 15 is 4.39 Å². The molecule has 6 heterocycles. The molecule has 246 valence electrons. The molecular weight excluding hydrogens is 646 g/mol. The maximum absolute atomic E-state index is 15.9. The largest absolute Gasteiger partial charge is 0.472 e. The Morgan fingerprint density at radius 2 is 1.72 bits per heavy atom. The second-order valence-electron chi connectivity index (χ2n) is 13.0. The van der Waals surface area contributed by atoms with Gasteiger partial charge in [-0.1, -0.05) is 41.4 Å². The topological polar surface area (TPSA) is 83.6 Å². The highest BCUT2D eigenvalue weighted by atomic mass is 35.5. The Balaban J connectivity index is 1.09. The number of nitrogens with one attached hydrogen (secondary N) is 1. The van der Waals surface area contributed by atoms with Crippen LogP contribution in [0.25, 0.3) is 11.1 Å². The number of ether oxygens (including phenoxy) is 3. The average molecular weight is 682 g/mol. The molecule has 0 spiro atoms. The third-order valence-electron chi connectivity index (χ3n) is 10.3. The van der Waals surface area contributed by atoms with Crippen LogP contribution >= 0.6 is 23.2 Å². The Kier molecular flexibility index (Phi) is 7.95. The zero-order valence-electron chi connectivity index (χ0n) is 25.9. The van der Waals surface area contributed by atoms with Gasteiger partial charge in [-0.25, -0.2) is 9.18 Å². The van der Waals surface area contributed by atoms with Crippen LogP contribution in [0.1, 0.15) is 52.0 Å². The maximum atomic E-state index is 15.9. The minimum Gasteiger partial charge on any atom is -0.472 e.